The Kier molecular flexibility index (Phi) is 6.22. The van der Waals surface area contributed by atoms with Crippen LogP contribution in [-0.4, -0.2) is 29.7 Å². The van der Waals surface area contributed by atoms with Crippen molar-refractivity contribution in [2.45, 2.75) is 13.0 Å². The maximum atomic E-state index is 5.43. The minimum Gasteiger partial charge on any atom is -0.375 e. The standard InChI is InChI=1S/C9H15N3OS2/c1-10-9(14)11-4-2-5-13-7-8-3-6-15-12-8/h3,6H,2,4-5,7H2,1H3,(H2,10,11,14). The summed E-state index contributed by atoms with van der Waals surface area (Å²) in [5.74, 6) is 0. The zero-order valence-electron chi connectivity index (χ0n) is 8.66. The van der Waals surface area contributed by atoms with E-state index in [1.165, 1.54) is 11.5 Å². The Balaban J connectivity index is 1.91. The lowest BCUT2D eigenvalue weighted by Crippen LogP contribution is -2.33. The molecule has 0 amide bonds. The molecule has 0 radical (unpaired) electrons. The average molecular weight is 245 g/mol. The number of ether oxygens (including phenoxy) is 1. The first kappa shape index (κ1) is 12.4. The molecule has 4 nitrogen and oxygen atoms in total. The first-order chi connectivity index (χ1) is 7.33. The third-order valence-corrected chi connectivity index (χ3v) is 2.67. The molecule has 1 rings (SSSR count). The van der Waals surface area contributed by atoms with Gasteiger partial charge in [-0.05, 0) is 36.2 Å². The Bertz CT molecular complexity index is 277. The average Bonchev–Trinajstić information content (AvgIpc) is 2.75. The Hall–Kier alpha value is -0.720. The topological polar surface area (TPSA) is 46.2 Å². The maximum absolute atomic E-state index is 5.43. The molecule has 1 aromatic heterocycles. The van der Waals surface area contributed by atoms with Crippen LogP contribution < -0.4 is 10.6 Å². The number of thiocarbonyl (C=S) groups is 1. The van der Waals surface area contributed by atoms with Crippen LogP contribution in [0.2, 0.25) is 0 Å². The smallest absolute Gasteiger partial charge is 0.166 e. The molecule has 0 unspecified atom stereocenters. The molecule has 0 bridgehead atoms. The van der Waals surface area contributed by atoms with E-state index in [1.54, 1.807) is 7.05 Å². The van der Waals surface area contributed by atoms with E-state index in [2.05, 4.69) is 15.0 Å². The van der Waals surface area contributed by atoms with Crippen LogP contribution in [0.1, 0.15) is 12.1 Å². The summed E-state index contributed by atoms with van der Waals surface area (Å²) in [7, 11) is 1.80. The molecule has 15 heavy (non-hydrogen) atoms. The van der Waals surface area contributed by atoms with Gasteiger partial charge in [0.25, 0.3) is 0 Å². The summed E-state index contributed by atoms with van der Waals surface area (Å²) in [6.07, 6.45) is 0.936. The normalized spacial score (nSPS) is 9.93. The van der Waals surface area contributed by atoms with E-state index in [9.17, 15) is 0 Å². The van der Waals surface area contributed by atoms with E-state index in [0.29, 0.717) is 11.7 Å². The van der Waals surface area contributed by atoms with Gasteiger partial charge in [0.05, 0.1) is 12.3 Å². The van der Waals surface area contributed by atoms with Gasteiger partial charge in [0.1, 0.15) is 0 Å². The van der Waals surface area contributed by atoms with E-state index >= 15 is 0 Å². The minimum atomic E-state index is 0.597. The molecule has 0 aliphatic rings. The molecule has 2 N–H and O–H groups in total. The third-order valence-electron chi connectivity index (χ3n) is 1.72. The molecule has 0 fully saturated rings. The van der Waals surface area contributed by atoms with Crippen molar-refractivity contribution in [2.24, 2.45) is 0 Å². The van der Waals surface area contributed by atoms with E-state index < -0.39 is 0 Å². The van der Waals surface area contributed by atoms with Crippen LogP contribution in [0.5, 0.6) is 0 Å². The molecule has 0 spiro atoms. The monoisotopic (exact) mass is 245 g/mol. The molecule has 1 aromatic rings. The van der Waals surface area contributed by atoms with E-state index in [4.69, 9.17) is 17.0 Å². The highest BCUT2D eigenvalue weighted by molar-refractivity contribution is 7.80. The fourth-order valence-electron chi connectivity index (χ4n) is 0.953. The van der Waals surface area contributed by atoms with Gasteiger partial charge in [-0.3, -0.25) is 0 Å². The predicted octanol–water partition coefficient (Wildman–Crippen LogP) is 1.14. The summed E-state index contributed by atoms with van der Waals surface area (Å²) in [6.45, 7) is 2.15. The lowest BCUT2D eigenvalue weighted by molar-refractivity contribution is 0.117. The maximum Gasteiger partial charge on any atom is 0.166 e. The van der Waals surface area contributed by atoms with Gasteiger partial charge in [-0.1, -0.05) is 0 Å². The van der Waals surface area contributed by atoms with Gasteiger partial charge in [0, 0.05) is 25.6 Å². The summed E-state index contributed by atoms with van der Waals surface area (Å²) < 4.78 is 9.58. The van der Waals surface area contributed by atoms with E-state index in [1.807, 2.05) is 11.4 Å². The van der Waals surface area contributed by atoms with Gasteiger partial charge >= 0.3 is 0 Å². The van der Waals surface area contributed by atoms with Gasteiger partial charge in [-0.2, -0.15) is 4.37 Å². The largest absolute Gasteiger partial charge is 0.375 e. The fourth-order valence-corrected chi connectivity index (χ4v) is 1.58. The first-order valence-electron chi connectivity index (χ1n) is 4.75. The van der Waals surface area contributed by atoms with Crippen LogP contribution in [0.3, 0.4) is 0 Å². The summed E-state index contributed by atoms with van der Waals surface area (Å²) in [5, 5.41) is 8.53. The van der Waals surface area contributed by atoms with Crippen molar-refractivity contribution in [3.8, 4) is 0 Å². The van der Waals surface area contributed by atoms with Crippen molar-refractivity contribution >= 4 is 28.9 Å². The van der Waals surface area contributed by atoms with Crippen molar-refractivity contribution in [1.82, 2.24) is 15.0 Å². The Morgan fingerprint density at radius 3 is 3.20 bits per heavy atom. The highest BCUT2D eigenvalue weighted by Gasteiger charge is 1.95. The van der Waals surface area contributed by atoms with Crippen molar-refractivity contribution in [3.05, 3.63) is 17.1 Å². The number of rotatable bonds is 6. The van der Waals surface area contributed by atoms with Gasteiger partial charge < -0.3 is 15.4 Å². The molecule has 0 saturated heterocycles. The van der Waals surface area contributed by atoms with Crippen LogP contribution in [-0.2, 0) is 11.3 Å². The van der Waals surface area contributed by atoms with Crippen molar-refractivity contribution in [3.63, 3.8) is 0 Å². The lowest BCUT2D eigenvalue weighted by Gasteiger charge is -2.06. The highest BCUT2D eigenvalue weighted by Crippen LogP contribution is 2.01. The molecule has 6 heteroatoms. The van der Waals surface area contributed by atoms with Crippen LogP contribution in [0.25, 0.3) is 0 Å². The molecule has 84 valence electrons. The van der Waals surface area contributed by atoms with Crippen LogP contribution in [0.15, 0.2) is 11.4 Å². The zero-order valence-corrected chi connectivity index (χ0v) is 10.3. The molecular formula is C9H15N3OS2. The van der Waals surface area contributed by atoms with Crippen LogP contribution in [0.4, 0.5) is 0 Å². The Morgan fingerprint density at radius 2 is 2.53 bits per heavy atom. The van der Waals surface area contributed by atoms with Gasteiger partial charge in [-0.25, -0.2) is 0 Å². The van der Waals surface area contributed by atoms with Crippen molar-refractivity contribution < 1.29 is 4.74 Å². The second-order valence-electron chi connectivity index (χ2n) is 2.90. The number of aromatic nitrogens is 1. The molecule has 0 aliphatic carbocycles. The predicted molar refractivity (Wildman–Crippen MR) is 66.0 cm³/mol. The molecular weight excluding hydrogens is 230 g/mol. The quantitative estimate of drug-likeness (QED) is 0.581. The molecule has 0 atom stereocenters. The molecule has 0 aromatic carbocycles. The molecule has 1 heterocycles. The fraction of sp³-hybridized carbons (Fsp3) is 0.556. The summed E-state index contributed by atoms with van der Waals surface area (Å²) >= 11 is 6.37. The molecule has 0 aliphatic heterocycles. The third kappa shape index (κ3) is 5.66. The van der Waals surface area contributed by atoms with Crippen molar-refractivity contribution in [1.29, 1.82) is 0 Å². The lowest BCUT2D eigenvalue weighted by atomic mass is 10.4. The summed E-state index contributed by atoms with van der Waals surface area (Å²) in [4.78, 5) is 0. The van der Waals surface area contributed by atoms with Gasteiger partial charge in [-0.15, -0.1) is 0 Å². The first-order valence-corrected chi connectivity index (χ1v) is 6.00. The van der Waals surface area contributed by atoms with Crippen molar-refractivity contribution in [2.75, 3.05) is 20.2 Å². The van der Waals surface area contributed by atoms with Crippen LogP contribution in [0, 0.1) is 0 Å². The number of hydrogen-bond acceptors (Lipinski definition) is 4. The van der Waals surface area contributed by atoms with E-state index in [0.717, 1.165) is 25.3 Å². The van der Waals surface area contributed by atoms with Crippen LogP contribution >= 0.6 is 23.8 Å². The zero-order chi connectivity index (χ0) is 10.9. The number of nitrogens with zero attached hydrogens (tertiary/aromatic N) is 1. The van der Waals surface area contributed by atoms with E-state index in [-0.39, 0.29) is 0 Å². The highest BCUT2D eigenvalue weighted by atomic mass is 32.1. The number of nitrogens with one attached hydrogen (secondary N) is 2. The summed E-state index contributed by atoms with van der Waals surface area (Å²) in [5.41, 5.74) is 0.999. The molecule has 0 saturated carbocycles. The SMILES string of the molecule is CNC(=S)NCCCOCc1ccsn1. The van der Waals surface area contributed by atoms with Gasteiger partial charge in [0.2, 0.25) is 0 Å². The second-order valence-corrected chi connectivity index (χ2v) is 3.98. The second kappa shape index (κ2) is 7.56. The Morgan fingerprint density at radius 1 is 1.67 bits per heavy atom. The minimum absolute atomic E-state index is 0.597. The van der Waals surface area contributed by atoms with Gasteiger partial charge in [0.15, 0.2) is 5.11 Å². The summed E-state index contributed by atoms with van der Waals surface area (Å²) in [6, 6.07) is 1.97. The Labute approximate surface area is 99.2 Å². The number of hydrogen-bond donors (Lipinski definition) is 2.